The molecule has 1 aliphatic heterocycles. The molecule has 0 bridgehead atoms. The fourth-order valence-corrected chi connectivity index (χ4v) is 2.15. The average molecular weight is 166 g/mol. The van der Waals surface area contributed by atoms with E-state index in [1.807, 2.05) is 13.8 Å². The predicted molar refractivity (Wildman–Crippen MR) is 45.7 cm³/mol. The SMILES string of the molecule is CC1(C)OC(=O)C2=C1CCCC2. The maximum atomic E-state index is 11.3. The number of rotatable bonds is 0. The number of cyclic esters (lactones) is 1. The van der Waals surface area contributed by atoms with Gasteiger partial charge in [-0.3, -0.25) is 0 Å². The van der Waals surface area contributed by atoms with E-state index >= 15 is 0 Å². The van der Waals surface area contributed by atoms with E-state index in [0.29, 0.717) is 0 Å². The Hall–Kier alpha value is -0.790. The van der Waals surface area contributed by atoms with E-state index in [4.69, 9.17) is 4.74 Å². The highest BCUT2D eigenvalue weighted by Crippen LogP contribution is 2.40. The van der Waals surface area contributed by atoms with E-state index in [1.165, 1.54) is 12.0 Å². The molecule has 0 radical (unpaired) electrons. The third kappa shape index (κ3) is 0.977. The molecule has 0 fully saturated rings. The second-order valence-corrected chi connectivity index (χ2v) is 4.06. The Balaban J connectivity index is 2.41. The first kappa shape index (κ1) is 7.84. The zero-order chi connectivity index (χ0) is 8.77. The van der Waals surface area contributed by atoms with Crippen LogP contribution in [-0.4, -0.2) is 11.6 Å². The van der Waals surface area contributed by atoms with Crippen LogP contribution in [0.5, 0.6) is 0 Å². The van der Waals surface area contributed by atoms with Crippen molar-refractivity contribution in [1.29, 1.82) is 0 Å². The minimum Gasteiger partial charge on any atom is -0.452 e. The molecule has 0 saturated heterocycles. The molecule has 0 aromatic rings. The van der Waals surface area contributed by atoms with Gasteiger partial charge in [-0.25, -0.2) is 4.79 Å². The van der Waals surface area contributed by atoms with Crippen molar-refractivity contribution < 1.29 is 9.53 Å². The van der Waals surface area contributed by atoms with Crippen LogP contribution in [0.4, 0.5) is 0 Å². The molecule has 0 aromatic heterocycles. The lowest BCUT2D eigenvalue weighted by Crippen LogP contribution is -2.23. The van der Waals surface area contributed by atoms with E-state index in [2.05, 4.69) is 0 Å². The summed E-state index contributed by atoms with van der Waals surface area (Å²) in [6.45, 7) is 3.97. The van der Waals surface area contributed by atoms with Crippen molar-refractivity contribution in [2.45, 2.75) is 45.1 Å². The zero-order valence-corrected chi connectivity index (χ0v) is 7.64. The maximum absolute atomic E-state index is 11.3. The molecule has 0 spiro atoms. The predicted octanol–water partition coefficient (Wildman–Crippen LogP) is 2.19. The van der Waals surface area contributed by atoms with E-state index in [9.17, 15) is 4.79 Å². The summed E-state index contributed by atoms with van der Waals surface area (Å²) in [7, 11) is 0. The first-order valence-corrected chi connectivity index (χ1v) is 4.57. The summed E-state index contributed by atoms with van der Waals surface area (Å²) in [5, 5.41) is 0. The average Bonchev–Trinajstić information content (AvgIpc) is 2.25. The molecular weight excluding hydrogens is 152 g/mol. The fourth-order valence-electron chi connectivity index (χ4n) is 2.15. The third-order valence-electron chi connectivity index (χ3n) is 2.79. The van der Waals surface area contributed by atoms with Crippen LogP contribution in [0.15, 0.2) is 11.1 Å². The van der Waals surface area contributed by atoms with Crippen molar-refractivity contribution in [3.8, 4) is 0 Å². The molecule has 0 amide bonds. The summed E-state index contributed by atoms with van der Waals surface area (Å²) in [4.78, 5) is 11.3. The number of carbonyl (C=O) groups is 1. The van der Waals surface area contributed by atoms with Crippen LogP contribution >= 0.6 is 0 Å². The van der Waals surface area contributed by atoms with Crippen LogP contribution < -0.4 is 0 Å². The second kappa shape index (κ2) is 2.35. The topological polar surface area (TPSA) is 26.3 Å². The molecule has 1 aliphatic carbocycles. The van der Waals surface area contributed by atoms with Crippen molar-refractivity contribution in [3.05, 3.63) is 11.1 Å². The van der Waals surface area contributed by atoms with Crippen molar-refractivity contribution in [2.24, 2.45) is 0 Å². The van der Waals surface area contributed by atoms with Crippen molar-refractivity contribution in [1.82, 2.24) is 0 Å². The first-order valence-electron chi connectivity index (χ1n) is 4.57. The van der Waals surface area contributed by atoms with Gasteiger partial charge >= 0.3 is 5.97 Å². The van der Waals surface area contributed by atoms with Crippen LogP contribution in [0.2, 0.25) is 0 Å². The largest absolute Gasteiger partial charge is 0.452 e. The minimum atomic E-state index is -0.313. The quantitative estimate of drug-likeness (QED) is 0.516. The molecule has 1 heterocycles. The summed E-state index contributed by atoms with van der Waals surface area (Å²) >= 11 is 0. The van der Waals surface area contributed by atoms with Crippen molar-refractivity contribution in [3.63, 3.8) is 0 Å². The van der Waals surface area contributed by atoms with E-state index < -0.39 is 0 Å². The summed E-state index contributed by atoms with van der Waals surface area (Å²) in [5.41, 5.74) is 1.90. The Morgan fingerprint density at radius 3 is 2.58 bits per heavy atom. The van der Waals surface area contributed by atoms with Gasteiger partial charge in [-0.15, -0.1) is 0 Å². The van der Waals surface area contributed by atoms with Crippen LogP contribution in [0.1, 0.15) is 39.5 Å². The van der Waals surface area contributed by atoms with Crippen molar-refractivity contribution in [2.75, 3.05) is 0 Å². The summed E-state index contributed by atoms with van der Waals surface area (Å²) in [6, 6.07) is 0. The summed E-state index contributed by atoms with van der Waals surface area (Å²) in [6.07, 6.45) is 4.33. The highest BCUT2D eigenvalue weighted by Gasteiger charge is 2.40. The van der Waals surface area contributed by atoms with Gasteiger partial charge in [0.15, 0.2) is 0 Å². The van der Waals surface area contributed by atoms with Gasteiger partial charge in [0.1, 0.15) is 5.60 Å². The maximum Gasteiger partial charge on any atom is 0.334 e. The van der Waals surface area contributed by atoms with Gasteiger partial charge in [-0.1, -0.05) is 0 Å². The molecule has 0 N–H and O–H groups in total. The Bertz CT molecular complexity index is 261. The summed E-state index contributed by atoms with van der Waals surface area (Å²) < 4.78 is 5.28. The number of hydrogen-bond donors (Lipinski definition) is 0. The molecule has 0 unspecified atom stereocenters. The Morgan fingerprint density at radius 1 is 1.25 bits per heavy atom. The lowest BCUT2D eigenvalue weighted by Gasteiger charge is -2.22. The highest BCUT2D eigenvalue weighted by atomic mass is 16.6. The van der Waals surface area contributed by atoms with E-state index in [1.54, 1.807) is 0 Å². The lowest BCUT2D eigenvalue weighted by molar-refractivity contribution is -0.144. The Morgan fingerprint density at radius 2 is 1.92 bits per heavy atom. The number of ether oxygens (including phenoxy) is 1. The molecule has 0 atom stereocenters. The van der Waals surface area contributed by atoms with E-state index in [0.717, 1.165) is 24.8 Å². The van der Waals surface area contributed by atoms with Crippen LogP contribution in [-0.2, 0) is 9.53 Å². The van der Waals surface area contributed by atoms with Gasteiger partial charge in [0, 0.05) is 5.57 Å². The van der Waals surface area contributed by atoms with Crippen LogP contribution in [0, 0.1) is 0 Å². The van der Waals surface area contributed by atoms with Gasteiger partial charge in [0.25, 0.3) is 0 Å². The standard InChI is InChI=1S/C10H14O2/c1-10(2)8-6-4-3-5-7(8)9(11)12-10/h3-6H2,1-2H3. The molecule has 2 rings (SSSR count). The molecule has 12 heavy (non-hydrogen) atoms. The normalized spacial score (nSPS) is 27.0. The Labute approximate surface area is 72.6 Å². The molecule has 0 saturated carbocycles. The summed E-state index contributed by atoms with van der Waals surface area (Å²) in [5.74, 6) is -0.0744. The van der Waals surface area contributed by atoms with Gasteiger partial charge in [0.05, 0.1) is 0 Å². The van der Waals surface area contributed by atoms with Gasteiger partial charge in [-0.2, -0.15) is 0 Å². The van der Waals surface area contributed by atoms with E-state index in [-0.39, 0.29) is 11.6 Å². The van der Waals surface area contributed by atoms with Gasteiger partial charge in [0.2, 0.25) is 0 Å². The van der Waals surface area contributed by atoms with Gasteiger partial charge < -0.3 is 4.74 Å². The molecule has 66 valence electrons. The molecular formula is C10H14O2. The smallest absolute Gasteiger partial charge is 0.334 e. The molecule has 2 aliphatic rings. The van der Waals surface area contributed by atoms with Crippen molar-refractivity contribution >= 4 is 5.97 Å². The molecule has 2 nitrogen and oxygen atoms in total. The monoisotopic (exact) mass is 166 g/mol. The molecule has 0 aromatic carbocycles. The number of carbonyl (C=O) groups excluding carboxylic acids is 1. The zero-order valence-electron chi connectivity index (χ0n) is 7.64. The fraction of sp³-hybridized carbons (Fsp3) is 0.700. The Kier molecular flexibility index (Phi) is 1.53. The minimum absolute atomic E-state index is 0.0744. The first-order chi connectivity index (χ1) is 5.61. The molecule has 2 heteroatoms. The lowest BCUT2D eigenvalue weighted by atomic mass is 9.85. The highest BCUT2D eigenvalue weighted by molar-refractivity contribution is 5.93. The van der Waals surface area contributed by atoms with Crippen LogP contribution in [0.3, 0.4) is 0 Å². The number of hydrogen-bond acceptors (Lipinski definition) is 2. The second-order valence-electron chi connectivity index (χ2n) is 4.06. The van der Waals surface area contributed by atoms with Crippen LogP contribution in [0.25, 0.3) is 0 Å². The third-order valence-corrected chi connectivity index (χ3v) is 2.79. The van der Waals surface area contributed by atoms with Gasteiger partial charge in [-0.05, 0) is 45.1 Å². The number of esters is 1.